The van der Waals surface area contributed by atoms with Gasteiger partial charge in [-0.3, -0.25) is 4.90 Å². The maximum atomic E-state index is 3.91. The molecule has 1 atom stereocenters. The van der Waals surface area contributed by atoms with E-state index >= 15 is 0 Å². The third-order valence-corrected chi connectivity index (χ3v) is 10.7. The Labute approximate surface area is 290 Å². The highest BCUT2D eigenvalue weighted by atomic mass is 15.5. The molecule has 0 spiro atoms. The van der Waals surface area contributed by atoms with Crippen LogP contribution in [0.15, 0.2) is 176 Å². The quantitative estimate of drug-likeness (QED) is 0.195. The fourth-order valence-corrected chi connectivity index (χ4v) is 8.63. The Hall–Kier alpha value is -6.58. The Morgan fingerprint density at radius 3 is 1.70 bits per heavy atom. The van der Waals surface area contributed by atoms with E-state index in [0.717, 1.165) is 11.4 Å². The molecule has 3 heteroatoms. The van der Waals surface area contributed by atoms with Gasteiger partial charge < -0.3 is 10.2 Å². The van der Waals surface area contributed by atoms with Gasteiger partial charge in [0.25, 0.3) is 0 Å². The molecule has 234 valence electrons. The molecule has 2 heterocycles. The Morgan fingerprint density at radius 2 is 0.980 bits per heavy atom. The molecule has 11 rings (SSSR count). The van der Waals surface area contributed by atoms with Gasteiger partial charge in [0.05, 0.1) is 22.7 Å². The molecular formula is C47H31N3. The van der Waals surface area contributed by atoms with Crippen LogP contribution in [0.1, 0.15) is 0 Å². The summed E-state index contributed by atoms with van der Waals surface area (Å²) in [6.07, 6.45) is -0.0781. The zero-order chi connectivity index (χ0) is 32.8. The lowest BCUT2D eigenvalue weighted by molar-refractivity contribution is 0.809. The second kappa shape index (κ2) is 10.5. The second-order valence-electron chi connectivity index (χ2n) is 13.3. The number of para-hydroxylation sites is 1. The zero-order valence-electron chi connectivity index (χ0n) is 27.2. The molecule has 1 N–H and O–H groups in total. The first-order valence-corrected chi connectivity index (χ1v) is 17.3. The molecule has 0 saturated heterocycles. The van der Waals surface area contributed by atoms with Crippen molar-refractivity contribution in [2.45, 2.75) is 6.29 Å². The van der Waals surface area contributed by atoms with Gasteiger partial charge in [-0.1, -0.05) is 146 Å². The lowest BCUT2D eigenvalue weighted by Crippen LogP contribution is -2.40. The summed E-state index contributed by atoms with van der Waals surface area (Å²) in [4.78, 5) is 4.95. The van der Waals surface area contributed by atoms with Crippen LogP contribution in [0.5, 0.6) is 0 Å². The summed E-state index contributed by atoms with van der Waals surface area (Å²) in [6.45, 7) is 0. The van der Waals surface area contributed by atoms with Crippen LogP contribution in [-0.2, 0) is 0 Å². The fraction of sp³-hybridized carbons (Fsp3) is 0.0213. The molecule has 2 aliphatic rings. The SMILES string of the molecule is c1ccc(N2c3ccc4ccccc4c3N3c4cc(-c5c6ccccc6c(-c6cccc7ccccc67)c6ccccc56)ccc4NC23)cc1. The molecule has 50 heavy (non-hydrogen) atoms. The van der Waals surface area contributed by atoms with Crippen LogP contribution in [0.4, 0.5) is 28.4 Å². The largest absolute Gasteiger partial charge is 0.346 e. The van der Waals surface area contributed by atoms with Gasteiger partial charge in [-0.25, -0.2) is 0 Å². The van der Waals surface area contributed by atoms with Crippen molar-refractivity contribution >= 4 is 71.5 Å². The van der Waals surface area contributed by atoms with Crippen LogP contribution < -0.4 is 15.1 Å². The maximum Gasteiger partial charge on any atom is 0.187 e. The minimum Gasteiger partial charge on any atom is -0.346 e. The third kappa shape index (κ3) is 3.80. The van der Waals surface area contributed by atoms with Crippen molar-refractivity contribution in [3.05, 3.63) is 176 Å². The van der Waals surface area contributed by atoms with E-state index in [0.29, 0.717) is 0 Å². The standard InChI is InChI=1S/C47H31N3/c1-2-16-33(17-3-1)49-42-28-26-31-14-5-7-19-35(31)46(42)50-43-29-32(25-27-41(43)48-47(49)50)44-37-20-8-10-22-39(37)45(40-23-11-9-21-38(40)44)36-24-12-15-30-13-4-6-18-34(30)36/h1-29,47-48H. The van der Waals surface area contributed by atoms with Crippen molar-refractivity contribution in [2.75, 3.05) is 15.1 Å². The van der Waals surface area contributed by atoms with Crippen LogP contribution in [0.25, 0.3) is 65.3 Å². The molecule has 0 fully saturated rings. The lowest BCUT2D eigenvalue weighted by atomic mass is 9.84. The number of fused-ring (bicyclic) bond motifs is 10. The number of benzene rings is 9. The Balaban J connectivity index is 1.17. The average Bonchev–Trinajstić information content (AvgIpc) is 3.71. The molecule has 9 aromatic rings. The van der Waals surface area contributed by atoms with Gasteiger partial charge in [0, 0.05) is 11.1 Å². The predicted molar refractivity (Wildman–Crippen MR) is 212 cm³/mol. The smallest absolute Gasteiger partial charge is 0.187 e. The first kappa shape index (κ1) is 27.4. The maximum absolute atomic E-state index is 3.91. The van der Waals surface area contributed by atoms with Gasteiger partial charge >= 0.3 is 0 Å². The Morgan fingerprint density at radius 1 is 0.400 bits per heavy atom. The highest BCUT2D eigenvalue weighted by Crippen LogP contribution is 2.56. The van der Waals surface area contributed by atoms with E-state index in [2.05, 4.69) is 191 Å². The van der Waals surface area contributed by atoms with Gasteiger partial charge in [-0.15, -0.1) is 0 Å². The number of anilines is 5. The van der Waals surface area contributed by atoms with Crippen molar-refractivity contribution in [2.24, 2.45) is 0 Å². The van der Waals surface area contributed by atoms with Crippen LogP contribution in [0, 0.1) is 0 Å². The molecule has 0 aromatic heterocycles. The number of rotatable bonds is 3. The number of nitrogens with zero attached hydrogens (tertiary/aromatic N) is 2. The van der Waals surface area contributed by atoms with Gasteiger partial charge in [0.2, 0.25) is 0 Å². The summed E-state index contributed by atoms with van der Waals surface area (Å²) >= 11 is 0. The molecule has 0 radical (unpaired) electrons. The minimum absolute atomic E-state index is 0.0781. The van der Waals surface area contributed by atoms with E-state index in [1.54, 1.807) is 0 Å². The summed E-state index contributed by atoms with van der Waals surface area (Å²) in [5.74, 6) is 0. The Kier molecular flexibility index (Phi) is 5.73. The first-order valence-electron chi connectivity index (χ1n) is 17.3. The van der Waals surface area contributed by atoms with Crippen molar-refractivity contribution < 1.29 is 0 Å². The molecule has 3 nitrogen and oxygen atoms in total. The fourth-order valence-electron chi connectivity index (χ4n) is 8.63. The molecule has 0 saturated carbocycles. The third-order valence-electron chi connectivity index (χ3n) is 10.7. The normalized spacial score (nSPS) is 14.7. The van der Waals surface area contributed by atoms with E-state index in [-0.39, 0.29) is 6.29 Å². The monoisotopic (exact) mass is 637 g/mol. The van der Waals surface area contributed by atoms with Crippen molar-refractivity contribution in [1.82, 2.24) is 0 Å². The number of hydrogen-bond donors (Lipinski definition) is 1. The average molecular weight is 638 g/mol. The van der Waals surface area contributed by atoms with Gasteiger partial charge in [-0.05, 0) is 90.3 Å². The van der Waals surface area contributed by atoms with Crippen molar-refractivity contribution in [1.29, 1.82) is 0 Å². The minimum atomic E-state index is -0.0781. The van der Waals surface area contributed by atoms with Gasteiger partial charge in [0.1, 0.15) is 0 Å². The summed E-state index contributed by atoms with van der Waals surface area (Å²) in [5.41, 5.74) is 11.0. The van der Waals surface area contributed by atoms with E-state index in [1.165, 1.54) is 82.4 Å². The molecule has 2 aliphatic heterocycles. The number of nitrogens with one attached hydrogen (secondary N) is 1. The zero-order valence-corrected chi connectivity index (χ0v) is 27.2. The van der Waals surface area contributed by atoms with Crippen LogP contribution in [-0.4, -0.2) is 6.29 Å². The summed E-state index contributed by atoms with van der Waals surface area (Å²) in [6, 6.07) is 64.3. The molecule has 0 bridgehead atoms. The van der Waals surface area contributed by atoms with E-state index in [1.807, 2.05) is 0 Å². The topological polar surface area (TPSA) is 18.5 Å². The number of hydrogen-bond acceptors (Lipinski definition) is 3. The summed E-state index contributed by atoms with van der Waals surface area (Å²) in [7, 11) is 0. The predicted octanol–water partition coefficient (Wildman–Crippen LogP) is 12.6. The molecule has 0 amide bonds. The van der Waals surface area contributed by atoms with E-state index in [4.69, 9.17) is 0 Å². The van der Waals surface area contributed by atoms with Crippen LogP contribution in [0.3, 0.4) is 0 Å². The molecule has 9 aromatic carbocycles. The first-order chi connectivity index (χ1) is 24.8. The molecular weight excluding hydrogens is 607 g/mol. The second-order valence-corrected chi connectivity index (χ2v) is 13.3. The highest BCUT2D eigenvalue weighted by Gasteiger charge is 2.44. The van der Waals surface area contributed by atoms with Crippen LogP contribution in [0.2, 0.25) is 0 Å². The molecule has 1 unspecified atom stereocenters. The van der Waals surface area contributed by atoms with Crippen molar-refractivity contribution in [3.63, 3.8) is 0 Å². The molecule has 0 aliphatic carbocycles. The van der Waals surface area contributed by atoms with E-state index < -0.39 is 0 Å². The Bertz CT molecular complexity index is 2760. The van der Waals surface area contributed by atoms with Gasteiger partial charge in [-0.2, -0.15) is 0 Å². The van der Waals surface area contributed by atoms with Crippen molar-refractivity contribution in [3.8, 4) is 22.3 Å². The van der Waals surface area contributed by atoms with Crippen LogP contribution >= 0.6 is 0 Å². The highest BCUT2D eigenvalue weighted by molar-refractivity contribution is 6.24. The summed E-state index contributed by atoms with van der Waals surface area (Å²) in [5, 5.41) is 14.0. The summed E-state index contributed by atoms with van der Waals surface area (Å²) < 4.78 is 0. The van der Waals surface area contributed by atoms with E-state index in [9.17, 15) is 0 Å². The lowest BCUT2D eigenvalue weighted by Gasteiger charge is -2.27. The van der Waals surface area contributed by atoms with Gasteiger partial charge in [0.15, 0.2) is 6.29 Å².